The molecule has 0 heterocycles. The number of aryl methyl sites for hydroxylation is 2. The van der Waals surface area contributed by atoms with Crippen LogP contribution in [-0.2, 0) is 14.9 Å². The number of rotatable bonds is 4. The monoisotopic (exact) mass is 354 g/mol. The second-order valence-electron chi connectivity index (χ2n) is 4.92. The minimum Gasteiger partial charge on any atom is -0.465 e. The fourth-order valence-electron chi connectivity index (χ4n) is 1.95. The van der Waals surface area contributed by atoms with Gasteiger partial charge in [-0.2, -0.15) is 8.42 Å². The largest absolute Gasteiger partial charge is 0.465 e. The Bertz CT molecular complexity index is 859. The highest BCUT2D eigenvalue weighted by Crippen LogP contribution is 2.26. The van der Waals surface area contributed by atoms with Crippen molar-refractivity contribution in [1.82, 2.24) is 0 Å². The lowest BCUT2D eigenvalue weighted by Gasteiger charge is -2.11. The zero-order valence-corrected chi connectivity index (χ0v) is 14.4. The van der Waals surface area contributed by atoms with Crippen molar-refractivity contribution in [3.8, 4) is 5.75 Å². The normalized spacial score (nSPS) is 11.1. The molecule has 0 N–H and O–H groups in total. The Morgan fingerprint density at radius 1 is 1.04 bits per heavy atom. The Balaban J connectivity index is 2.42. The Labute approximate surface area is 139 Å². The molecule has 7 heteroatoms. The van der Waals surface area contributed by atoms with Gasteiger partial charge in [-0.15, -0.1) is 0 Å². The highest BCUT2D eigenvalue weighted by atomic mass is 35.5. The van der Waals surface area contributed by atoms with Gasteiger partial charge in [-0.25, -0.2) is 4.79 Å². The third kappa shape index (κ3) is 3.83. The first-order valence-electron chi connectivity index (χ1n) is 6.64. The highest BCUT2D eigenvalue weighted by Gasteiger charge is 2.22. The number of carbonyl (C=O) groups excluding carboxylic acids is 1. The van der Waals surface area contributed by atoms with Crippen LogP contribution in [0.15, 0.2) is 41.3 Å². The summed E-state index contributed by atoms with van der Waals surface area (Å²) in [5.74, 6) is -0.474. The summed E-state index contributed by atoms with van der Waals surface area (Å²) in [7, 11) is -2.86. The number of benzene rings is 2. The maximum Gasteiger partial charge on any atom is 0.339 e. The predicted molar refractivity (Wildman–Crippen MR) is 86.5 cm³/mol. The molecule has 0 aliphatic heterocycles. The van der Waals surface area contributed by atoms with E-state index in [9.17, 15) is 13.2 Å². The summed E-state index contributed by atoms with van der Waals surface area (Å²) in [6, 6.07) is 8.80. The lowest BCUT2D eigenvalue weighted by atomic mass is 10.1. The van der Waals surface area contributed by atoms with Crippen LogP contribution >= 0.6 is 11.6 Å². The lowest BCUT2D eigenvalue weighted by molar-refractivity contribution is 0.0600. The second kappa shape index (κ2) is 6.60. The summed E-state index contributed by atoms with van der Waals surface area (Å²) in [6.45, 7) is 3.36. The van der Waals surface area contributed by atoms with E-state index in [1.807, 2.05) is 0 Å². The number of hydrogen-bond acceptors (Lipinski definition) is 5. The molecule has 0 aliphatic carbocycles. The number of carbonyl (C=O) groups is 1. The van der Waals surface area contributed by atoms with E-state index >= 15 is 0 Å². The van der Waals surface area contributed by atoms with Gasteiger partial charge in [-0.05, 0) is 55.3 Å². The summed E-state index contributed by atoms with van der Waals surface area (Å²) in [6.07, 6.45) is 0. The number of methoxy groups -OCH3 is 1. The lowest BCUT2D eigenvalue weighted by Crippen LogP contribution is -2.13. The highest BCUT2D eigenvalue weighted by molar-refractivity contribution is 7.87. The molecule has 0 aromatic heterocycles. The van der Waals surface area contributed by atoms with Crippen LogP contribution in [0.1, 0.15) is 21.5 Å². The molecule has 0 atom stereocenters. The van der Waals surface area contributed by atoms with Gasteiger partial charge < -0.3 is 8.92 Å². The van der Waals surface area contributed by atoms with Crippen molar-refractivity contribution < 1.29 is 22.1 Å². The smallest absolute Gasteiger partial charge is 0.339 e. The molecule has 122 valence electrons. The van der Waals surface area contributed by atoms with Crippen LogP contribution < -0.4 is 4.18 Å². The molecule has 2 aromatic rings. The zero-order chi connectivity index (χ0) is 17.2. The molecule has 0 saturated heterocycles. The van der Waals surface area contributed by atoms with E-state index < -0.39 is 16.1 Å². The van der Waals surface area contributed by atoms with Gasteiger partial charge in [0.05, 0.1) is 12.7 Å². The summed E-state index contributed by atoms with van der Waals surface area (Å²) >= 11 is 5.91. The molecule has 2 rings (SSSR count). The molecule has 0 fully saturated rings. The van der Waals surface area contributed by atoms with Crippen molar-refractivity contribution in [1.29, 1.82) is 0 Å². The molecule has 0 saturated carbocycles. The van der Waals surface area contributed by atoms with Crippen molar-refractivity contribution in [3.63, 3.8) is 0 Å². The standard InChI is InChI=1S/C16H15ClO5S/c1-10-4-5-12(16(18)21-3)9-15(10)23(19,20)22-13-6-7-14(17)11(2)8-13/h4-9H,1-3H3. The number of halogens is 1. The van der Waals surface area contributed by atoms with Crippen LogP contribution in [0.5, 0.6) is 5.75 Å². The van der Waals surface area contributed by atoms with Gasteiger partial charge in [0.25, 0.3) is 0 Å². The van der Waals surface area contributed by atoms with E-state index in [0.29, 0.717) is 16.1 Å². The topological polar surface area (TPSA) is 69.7 Å². The molecule has 0 bridgehead atoms. The first-order chi connectivity index (χ1) is 10.7. The second-order valence-corrected chi connectivity index (χ2v) is 6.84. The van der Waals surface area contributed by atoms with Gasteiger partial charge in [0, 0.05) is 5.02 Å². The first-order valence-corrected chi connectivity index (χ1v) is 8.43. The van der Waals surface area contributed by atoms with Gasteiger partial charge in [-0.3, -0.25) is 0 Å². The average Bonchev–Trinajstić information content (AvgIpc) is 2.50. The van der Waals surface area contributed by atoms with E-state index in [-0.39, 0.29) is 16.2 Å². The molecule has 5 nitrogen and oxygen atoms in total. The quantitative estimate of drug-likeness (QED) is 0.620. The van der Waals surface area contributed by atoms with Gasteiger partial charge in [0.15, 0.2) is 0 Å². The molecule has 23 heavy (non-hydrogen) atoms. The van der Waals surface area contributed by atoms with E-state index in [1.165, 1.54) is 37.4 Å². The SMILES string of the molecule is COC(=O)c1ccc(C)c(S(=O)(=O)Oc2ccc(Cl)c(C)c2)c1. The molecular formula is C16H15ClO5S. The first kappa shape index (κ1) is 17.3. The minimum atomic E-state index is -4.09. The van der Waals surface area contributed by atoms with Gasteiger partial charge in [0.1, 0.15) is 10.6 Å². The fourth-order valence-corrected chi connectivity index (χ4v) is 3.25. The van der Waals surface area contributed by atoms with Crippen molar-refractivity contribution in [2.24, 2.45) is 0 Å². The van der Waals surface area contributed by atoms with Gasteiger partial charge in [-0.1, -0.05) is 17.7 Å². The molecule has 2 aromatic carbocycles. The Hall–Kier alpha value is -2.05. The van der Waals surface area contributed by atoms with E-state index in [4.69, 9.17) is 15.8 Å². The third-order valence-corrected chi connectivity index (χ3v) is 5.03. The molecule has 0 aliphatic rings. The Kier molecular flexibility index (Phi) is 4.97. The number of ether oxygens (including phenoxy) is 1. The number of hydrogen-bond donors (Lipinski definition) is 0. The molecule has 0 amide bonds. The Morgan fingerprint density at radius 3 is 2.35 bits per heavy atom. The van der Waals surface area contributed by atoms with Crippen molar-refractivity contribution in [2.45, 2.75) is 18.7 Å². The maximum absolute atomic E-state index is 12.5. The van der Waals surface area contributed by atoms with Crippen molar-refractivity contribution >= 4 is 27.7 Å². The molecular weight excluding hydrogens is 340 g/mol. The summed E-state index contributed by atoms with van der Waals surface area (Å²) in [5, 5.41) is 0.513. The number of esters is 1. The van der Waals surface area contributed by atoms with Crippen LogP contribution in [0.2, 0.25) is 5.02 Å². The van der Waals surface area contributed by atoms with Crippen LogP contribution in [0, 0.1) is 13.8 Å². The van der Waals surface area contributed by atoms with E-state index in [0.717, 1.165) is 0 Å². The van der Waals surface area contributed by atoms with Gasteiger partial charge >= 0.3 is 16.1 Å². The molecule has 0 spiro atoms. The van der Waals surface area contributed by atoms with Crippen molar-refractivity contribution in [2.75, 3.05) is 7.11 Å². The average molecular weight is 355 g/mol. The van der Waals surface area contributed by atoms with E-state index in [2.05, 4.69) is 4.74 Å². The van der Waals surface area contributed by atoms with Crippen LogP contribution in [0.4, 0.5) is 0 Å². The molecule has 0 unspecified atom stereocenters. The summed E-state index contributed by atoms with van der Waals surface area (Å²) in [5.41, 5.74) is 1.29. The van der Waals surface area contributed by atoms with Crippen molar-refractivity contribution in [3.05, 3.63) is 58.1 Å². The third-order valence-electron chi connectivity index (χ3n) is 3.21. The fraction of sp³-hybridized carbons (Fsp3) is 0.188. The Morgan fingerprint density at radius 2 is 1.74 bits per heavy atom. The maximum atomic E-state index is 12.5. The van der Waals surface area contributed by atoms with E-state index in [1.54, 1.807) is 19.9 Å². The van der Waals surface area contributed by atoms with Gasteiger partial charge in [0.2, 0.25) is 0 Å². The predicted octanol–water partition coefficient (Wildman–Crippen LogP) is 3.51. The van der Waals surface area contributed by atoms with Crippen LogP contribution in [-0.4, -0.2) is 21.5 Å². The van der Waals surface area contributed by atoms with Crippen LogP contribution in [0.25, 0.3) is 0 Å². The molecule has 0 radical (unpaired) electrons. The minimum absolute atomic E-state index is 0.0898. The van der Waals surface area contributed by atoms with Crippen LogP contribution in [0.3, 0.4) is 0 Å². The zero-order valence-electron chi connectivity index (χ0n) is 12.8. The summed E-state index contributed by atoms with van der Waals surface area (Å²) < 4.78 is 34.7. The summed E-state index contributed by atoms with van der Waals surface area (Å²) in [4.78, 5) is 11.5.